The molecule has 0 spiro atoms. The Morgan fingerprint density at radius 3 is 2.69 bits per heavy atom. The quantitative estimate of drug-likeness (QED) is 0.591. The lowest BCUT2D eigenvalue weighted by atomic mass is 10.2. The highest BCUT2D eigenvalue weighted by Gasteiger charge is 2.22. The molecule has 1 saturated heterocycles. The van der Waals surface area contributed by atoms with Crippen molar-refractivity contribution < 1.29 is 9.59 Å². The lowest BCUT2D eigenvalue weighted by molar-refractivity contribution is -0.136. The van der Waals surface area contributed by atoms with Crippen LogP contribution in [0.25, 0.3) is 0 Å². The second-order valence-electron chi connectivity index (χ2n) is 3.57. The molecule has 0 unspecified atom stereocenters. The summed E-state index contributed by atoms with van der Waals surface area (Å²) in [6.07, 6.45) is 1.60. The summed E-state index contributed by atoms with van der Waals surface area (Å²) in [5.74, 6) is -0.562. The van der Waals surface area contributed by atoms with E-state index in [0.717, 1.165) is 5.56 Å². The largest absolute Gasteiger partial charge is 0.294 e. The monoisotopic (exact) mass is 239 g/mol. The highest BCUT2D eigenvalue weighted by molar-refractivity contribution is 6.30. The van der Waals surface area contributed by atoms with Crippen molar-refractivity contribution in [3.8, 4) is 0 Å². The first-order chi connectivity index (χ1) is 7.65. The Morgan fingerprint density at radius 2 is 2.06 bits per heavy atom. The van der Waals surface area contributed by atoms with Crippen molar-refractivity contribution in [1.29, 1.82) is 0 Å². The molecule has 1 fully saturated rings. The van der Waals surface area contributed by atoms with Crippen LogP contribution in [0.2, 0.25) is 5.15 Å². The standard InChI is InChI=1S/C10H10ClN3O2/c11-10-7(2-1-3-12-10)4-14-5-8(15)13-9(16)6-14/h1-3H,4-6H2,(H,13,15,16). The Labute approximate surface area is 97.4 Å². The number of pyridine rings is 1. The smallest absolute Gasteiger partial charge is 0.240 e. The van der Waals surface area contributed by atoms with E-state index in [4.69, 9.17) is 11.6 Å². The summed E-state index contributed by atoms with van der Waals surface area (Å²) in [6.45, 7) is 0.861. The van der Waals surface area contributed by atoms with Crippen LogP contribution in [0.5, 0.6) is 0 Å². The van der Waals surface area contributed by atoms with E-state index in [1.54, 1.807) is 17.2 Å². The third-order valence-corrected chi connectivity index (χ3v) is 2.58. The second kappa shape index (κ2) is 4.59. The van der Waals surface area contributed by atoms with Crippen LogP contribution in [-0.4, -0.2) is 34.8 Å². The molecule has 0 bridgehead atoms. The highest BCUT2D eigenvalue weighted by atomic mass is 35.5. The van der Waals surface area contributed by atoms with Crippen molar-refractivity contribution in [3.05, 3.63) is 29.0 Å². The van der Waals surface area contributed by atoms with E-state index in [1.165, 1.54) is 0 Å². The summed E-state index contributed by atoms with van der Waals surface area (Å²) >= 11 is 5.89. The van der Waals surface area contributed by atoms with Gasteiger partial charge >= 0.3 is 0 Å². The van der Waals surface area contributed by atoms with Crippen LogP contribution in [0.4, 0.5) is 0 Å². The second-order valence-corrected chi connectivity index (χ2v) is 3.93. The summed E-state index contributed by atoms with van der Waals surface area (Å²) in [5, 5.41) is 2.65. The minimum atomic E-state index is -0.281. The molecule has 1 aromatic heterocycles. The van der Waals surface area contributed by atoms with Gasteiger partial charge in [0.25, 0.3) is 0 Å². The molecule has 1 aliphatic heterocycles. The summed E-state index contributed by atoms with van der Waals surface area (Å²) in [7, 11) is 0. The minimum absolute atomic E-state index is 0.205. The molecular weight excluding hydrogens is 230 g/mol. The van der Waals surface area contributed by atoms with E-state index in [0.29, 0.717) is 11.7 Å². The number of rotatable bonds is 2. The Kier molecular flexibility index (Phi) is 3.17. The van der Waals surface area contributed by atoms with E-state index in [2.05, 4.69) is 10.3 Å². The third-order valence-electron chi connectivity index (χ3n) is 2.24. The zero-order valence-corrected chi connectivity index (χ0v) is 9.20. The van der Waals surface area contributed by atoms with E-state index >= 15 is 0 Å². The molecule has 1 aromatic rings. The molecule has 1 aliphatic rings. The van der Waals surface area contributed by atoms with Crippen molar-refractivity contribution in [1.82, 2.24) is 15.2 Å². The Morgan fingerprint density at radius 1 is 1.38 bits per heavy atom. The number of hydrogen-bond acceptors (Lipinski definition) is 4. The predicted octanol–water partition coefficient (Wildman–Crippen LogP) is 0.193. The molecule has 0 radical (unpaired) electrons. The SMILES string of the molecule is O=C1CN(Cc2cccnc2Cl)CC(=O)N1. The first kappa shape index (κ1) is 11.0. The van der Waals surface area contributed by atoms with Gasteiger partial charge in [-0.2, -0.15) is 0 Å². The van der Waals surface area contributed by atoms with Crippen molar-refractivity contribution in [2.75, 3.05) is 13.1 Å². The van der Waals surface area contributed by atoms with Gasteiger partial charge in [0.2, 0.25) is 11.8 Å². The van der Waals surface area contributed by atoms with Gasteiger partial charge in [-0.25, -0.2) is 4.98 Å². The van der Waals surface area contributed by atoms with Crippen LogP contribution >= 0.6 is 11.6 Å². The number of amides is 2. The molecule has 6 heteroatoms. The Hall–Kier alpha value is -1.46. The van der Waals surface area contributed by atoms with Crippen molar-refractivity contribution in [2.45, 2.75) is 6.54 Å². The Bertz CT molecular complexity index is 420. The van der Waals surface area contributed by atoms with E-state index < -0.39 is 0 Å². The van der Waals surface area contributed by atoms with E-state index in [9.17, 15) is 9.59 Å². The Balaban J connectivity index is 2.07. The van der Waals surface area contributed by atoms with Gasteiger partial charge in [0, 0.05) is 18.3 Å². The number of hydrogen-bond donors (Lipinski definition) is 1. The highest BCUT2D eigenvalue weighted by Crippen LogP contribution is 2.14. The summed E-state index contributed by atoms with van der Waals surface area (Å²) < 4.78 is 0. The molecule has 0 aliphatic carbocycles. The lowest BCUT2D eigenvalue weighted by Crippen LogP contribution is -2.50. The van der Waals surface area contributed by atoms with Gasteiger partial charge in [0.15, 0.2) is 0 Å². The first-order valence-corrected chi connectivity index (χ1v) is 5.17. The zero-order valence-electron chi connectivity index (χ0n) is 8.44. The van der Waals surface area contributed by atoms with Crippen molar-refractivity contribution in [2.24, 2.45) is 0 Å². The van der Waals surface area contributed by atoms with Crippen molar-refractivity contribution >= 4 is 23.4 Å². The molecule has 2 heterocycles. The fourth-order valence-corrected chi connectivity index (χ4v) is 1.77. The van der Waals surface area contributed by atoms with Gasteiger partial charge < -0.3 is 0 Å². The van der Waals surface area contributed by atoms with Gasteiger partial charge in [-0.3, -0.25) is 19.8 Å². The summed E-state index contributed by atoms with van der Waals surface area (Å²) in [6, 6.07) is 3.60. The molecule has 16 heavy (non-hydrogen) atoms. The van der Waals surface area contributed by atoms with Gasteiger partial charge in [0.05, 0.1) is 13.1 Å². The van der Waals surface area contributed by atoms with Crippen molar-refractivity contribution in [3.63, 3.8) is 0 Å². The number of nitrogens with one attached hydrogen (secondary N) is 1. The molecule has 2 amide bonds. The fraction of sp³-hybridized carbons (Fsp3) is 0.300. The number of carbonyl (C=O) groups excluding carboxylic acids is 2. The molecule has 0 saturated carbocycles. The van der Waals surface area contributed by atoms with Crippen LogP contribution in [0.15, 0.2) is 18.3 Å². The summed E-state index contributed by atoms with van der Waals surface area (Å²) in [4.78, 5) is 27.9. The van der Waals surface area contributed by atoms with Crippen LogP contribution in [0.1, 0.15) is 5.56 Å². The molecule has 0 aromatic carbocycles. The first-order valence-electron chi connectivity index (χ1n) is 4.79. The van der Waals surface area contributed by atoms with Gasteiger partial charge in [-0.05, 0) is 6.07 Å². The fourth-order valence-electron chi connectivity index (χ4n) is 1.59. The molecule has 84 valence electrons. The number of piperazine rings is 1. The van der Waals surface area contributed by atoms with Gasteiger partial charge in [-0.15, -0.1) is 0 Å². The predicted molar refractivity (Wildman–Crippen MR) is 57.7 cm³/mol. The molecular formula is C10H10ClN3O2. The number of imide groups is 1. The molecule has 0 atom stereocenters. The van der Waals surface area contributed by atoms with Gasteiger partial charge in [-0.1, -0.05) is 17.7 Å². The topological polar surface area (TPSA) is 62.3 Å². The maximum atomic E-state index is 11.1. The minimum Gasteiger partial charge on any atom is -0.294 e. The summed E-state index contributed by atoms with van der Waals surface area (Å²) in [5.41, 5.74) is 0.812. The maximum absolute atomic E-state index is 11.1. The van der Waals surface area contributed by atoms with Crippen LogP contribution in [-0.2, 0) is 16.1 Å². The number of carbonyl (C=O) groups is 2. The number of halogens is 1. The zero-order chi connectivity index (χ0) is 11.5. The van der Waals surface area contributed by atoms with Crippen LogP contribution in [0.3, 0.4) is 0 Å². The lowest BCUT2D eigenvalue weighted by Gasteiger charge is -2.25. The molecule has 2 rings (SSSR count). The third kappa shape index (κ3) is 2.56. The maximum Gasteiger partial charge on any atom is 0.240 e. The number of aromatic nitrogens is 1. The average Bonchev–Trinajstić information content (AvgIpc) is 2.20. The normalized spacial score (nSPS) is 17.3. The van der Waals surface area contributed by atoms with Crippen LogP contribution < -0.4 is 5.32 Å². The van der Waals surface area contributed by atoms with E-state index in [-0.39, 0.29) is 24.9 Å². The average molecular weight is 240 g/mol. The van der Waals surface area contributed by atoms with Gasteiger partial charge in [0.1, 0.15) is 5.15 Å². The van der Waals surface area contributed by atoms with Crippen LogP contribution in [0, 0.1) is 0 Å². The molecule has 1 N–H and O–H groups in total. The van der Waals surface area contributed by atoms with E-state index in [1.807, 2.05) is 6.07 Å². The molecule has 5 nitrogen and oxygen atoms in total. The number of nitrogens with zero attached hydrogens (tertiary/aromatic N) is 2.